The van der Waals surface area contributed by atoms with Gasteiger partial charge in [-0.15, -0.1) is 0 Å². The Kier molecular flexibility index (Phi) is 6.18. The number of hydrogen-bond donors (Lipinski definition) is 1. The van der Waals surface area contributed by atoms with E-state index in [0.717, 1.165) is 18.9 Å². The van der Waals surface area contributed by atoms with Crippen molar-refractivity contribution in [1.82, 2.24) is 10.2 Å². The zero-order valence-electron chi connectivity index (χ0n) is 12.4. The standard InChI is InChI=1S/C16H22BrFN2O/c1-12-5-9-20(10-6-12)8-2-7-19-16(21)13-3-4-15(18)14(17)11-13/h3-4,11-12H,2,5-10H2,1H3,(H,19,21). The maximum Gasteiger partial charge on any atom is 0.251 e. The summed E-state index contributed by atoms with van der Waals surface area (Å²) in [6, 6.07) is 4.31. The van der Waals surface area contributed by atoms with Gasteiger partial charge in [0, 0.05) is 12.1 Å². The molecule has 1 amide bonds. The SMILES string of the molecule is CC1CCN(CCCNC(=O)c2ccc(F)c(Br)c2)CC1. The molecule has 1 aromatic carbocycles. The number of halogens is 2. The lowest BCUT2D eigenvalue weighted by molar-refractivity contribution is 0.0950. The van der Waals surface area contributed by atoms with Crippen LogP contribution in [0.3, 0.4) is 0 Å². The molecule has 116 valence electrons. The van der Waals surface area contributed by atoms with Crippen molar-refractivity contribution < 1.29 is 9.18 Å². The Morgan fingerprint density at radius 3 is 2.81 bits per heavy atom. The quantitative estimate of drug-likeness (QED) is 0.819. The minimum absolute atomic E-state index is 0.150. The summed E-state index contributed by atoms with van der Waals surface area (Å²) in [5.41, 5.74) is 0.482. The molecule has 1 aromatic rings. The van der Waals surface area contributed by atoms with Crippen molar-refractivity contribution in [3.8, 4) is 0 Å². The van der Waals surface area contributed by atoms with Crippen molar-refractivity contribution in [2.45, 2.75) is 26.2 Å². The van der Waals surface area contributed by atoms with Gasteiger partial charge in [-0.2, -0.15) is 0 Å². The van der Waals surface area contributed by atoms with Gasteiger partial charge >= 0.3 is 0 Å². The van der Waals surface area contributed by atoms with Gasteiger partial charge in [-0.25, -0.2) is 4.39 Å². The zero-order valence-corrected chi connectivity index (χ0v) is 14.0. The van der Waals surface area contributed by atoms with E-state index in [4.69, 9.17) is 0 Å². The molecule has 1 N–H and O–H groups in total. The predicted molar refractivity (Wildman–Crippen MR) is 85.9 cm³/mol. The maximum absolute atomic E-state index is 13.1. The number of likely N-dealkylation sites (tertiary alicyclic amines) is 1. The fraction of sp³-hybridized carbons (Fsp3) is 0.562. The zero-order chi connectivity index (χ0) is 15.2. The maximum atomic E-state index is 13.1. The van der Waals surface area contributed by atoms with Crippen LogP contribution in [0.25, 0.3) is 0 Å². The largest absolute Gasteiger partial charge is 0.352 e. The number of rotatable bonds is 5. The molecule has 0 aliphatic carbocycles. The number of carbonyl (C=O) groups excluding carboxylic acids is 1. The van der Waals surface area contributed by atoms with Crippen LogP contribution in [-0.2, 0) is 0 Å². The Labute approximate surface area is 134 Å². The van der Waals surface area contributed by atoms with Crippen LogP contribution in [0.4, 0.5) is 4.39 Å². The first-order chi connectivity index (χ1) is 10.1. The van der Waals surface area contributed by atoms with Gasteiger partial charge in [0.2, 0.25) is 0 Å². The van der Waals surface area contributed by atoms with E-state index in [2.05, 4.69) is 33.1 Å². The Hall–Kier alpha value is -0.940. The van der Waals surface area contributed by atoms with Crippen LogP contribution < -0.4 is 5.32 Å². The normalized spacial score (nSPS) is 16.9. The van der Waals surface area contributed by atoms with E-state index in [0.29, 0.717) is 16.6 Å². The van der Waals surface area contributed by atoms with Crippen molar-refractivity contribution in [2.24, 2.45) is 5.92 Å². The van der Waals surface area contributed by atoms with Gasteiger partial charge < -0.3 is 10.2 Å². The van der Waals surface area contributed by atoms with E-state index >= 15 is 0 Å². The topological polar surface area (TPSA) is 32.3 Å². The smallest absolute Gasteiger partial charge is 0.251 e. The van der Waals surface area contributed by atoms with Gasteiger partial charge in [0.1, 0.15) is 5.82 Å². The Morgan fingerprint density at radius 2 is 2.14 bits per heavy atom. The van der Waals surface area contributed by atoms with Crippen molar-refractivity contribution in [2.75, 3.05) is 26.2 Å². The first kappa shape index (κ1) is 16.4. The minimum Gasteiger partial charge on any atom is -0.352 e. The number of nitrogens with zero attached hydrogens (tertiary/aromatic N) is 1. The van der Waals surface area contributed by atoms with Crippen LogP contribution in [0.1, 0.15) is 36.5 Å². The highest BCUT2D eigenvalue weighted by atomic mass is 79.9. The Balaban J connectivity index is 1.68. The van der Waals surface area contributed by atoms with Crippen LogP contribution in [0.2, 0.25) is 0 Å². The molecule has 1 saturated heterocycles. The summed E-state index contributed by atoms with van der Waals surface area (Å²) < 4.78 is 13.4. The summed E-state index contributed by atoms with van der Waals surface area (Å²) in [6.07, 6.45) is 3.49. The van der Waals surface area contributed by atoms with Crippen molar-refractivity contribution in [3.05, 3.63) is 34.1 Å². The van der Waals surface area contributed by atoms with Gasteiger partial charge in [0.25, 0.3) is 5.91 Å². The third-order valence-corrected chi connectivity index (χ3v) is 4.60. The average molecular weight is 357 g/mol. The first-order valence-electron chi connectivity index (χ1n) is 7.52. The summed E-state index contributed by atoms with van der Waals surface area (Å²) >= 11 is 3.09. The molecular formula is C16H22BrFN2O. The molecule has 21 heavy (non-hydrogen) atoms. The summed E-state index contributed by atoms with van der Waals surface area (Å²) in [7, 11) is 0. The van der Waals surface area contributed by atoms with Gasteiger partial charge in [0.15, 0.2) is 0 Å². The Bertz CT molecular complexity index is 487. The number of hydrogen-bond acceptors (Lipinski definition) is 2. The Morgan fingerprint density at radius 1 is 1.43 bits per heavy atom. The summed E-state index contributed by atoms with van der Waals surface area (Å²) in [4.78, 5) is 14.4. The molecule has 0 bridgehead atoms. The fourth-order valence-electron chi connectivity index (χ4n) is 2.53. The molecule has 0 unspecified atom stereocenters. The van der Waals surface area contributed by atoms with E-state index in [9.17, 15) is 9.18 Å². The molecule has 0 atom stereocenters. The van der Waals surface area contributed by atoms with Crippen LogP contribution in [0, 0.1) is 11.7 Å². The first-order valence-corrected chi connectivity index (χ1v) is 8.31. The van der Waals surface area contributed by atoms with E-state index < -0.39 is 0 Å². The summed E-state index contributed by atoms with van der Waals surface area (Å²) in [6.45, 7) is 6.32. The van der Waals surface area contributed by atoms with Crippen molar-refractivity contribution >= 4 is 21.8 Å². The lowest BCUT2D eigenvalue weighted by atomic mass is 9.99. The summed E-state index contributed by atoms with van der Waals surface area (Å²) in [5.74, 6) is 0.340. The van der Waals surface area contributed by atoms with Crippen molar-refractivity contribution in [3.63, 3.8) is 0 Å². The molecule has 5 heteroatoms. The highest BCUT2D eigenvalue weighted by Crippen LogP contribution is 2.17. The van der Waals surface area contributed by atoms with E-state index in [1.165, 1.54) is 44.1 Å². The highest BCUT2D eigenvalue weighted by molar-refractivity contribution is 9.10. The van der Waals surface area contributed by atoms with E-state index in [1.54, 1.807) is 0 Å². The predicted octanol–water partition coefficient (Wildman–Crippen LogP) is 3.44. The molecule has 3 nitrogen and oxygen atoms in total. The van der Waals surface area contributed by atoms with E-state index in [1.807, 2.05) is 0 Å². The number of benzene rings is 1. The van der Waals surface area contributed by atoms with Crippen LogP contribution >= 0.6 is 15.9 Å². The molecule has 1 aliphatic rings. The van der Waals surface area contributed by atoms with Crippen molar-refractivity contribution in [1.29, 1.82) is 0 Å². The van der Waals surface area contributed by atoms with Crippen LogP contribution in [0.5, 0.6) is 0 Å². The van der Waals surface area contributed by atoms with Crippen LogP contribution in [0.15, 0.2) is 22.7 Å². The lowest BCUT2D eigenvalue weighted by Crippen LogP contribution is -2.35. The van der Waals surface area contributed by atoms with Gasteiger partial charge in [0.05, 0.1) is 4.47 Å². The molecule has 1 heterocycles. The number of piperidine rings is 1. The van der Waals surface area contributed by atoms with Crippen LogP contribution in [-0.4, -0.2) is 37.0 Å². The number of amides is 1. The van der Waals surface area contributed by atoms with Gasteiger partial charge in [-0.1, -0.05) is 6.92 Å². The summed E-state index contributed by atoms with van der Waals surface area (Å²) in [5, 5.41) is 2.89. The van der Waals surface area contributed by atoms with Gasteiger partial charge in [-0.05, 0) is 78.9 Å². The third-order valence-electron chi connectivity index (χ3n) is 3.99. The fourth-order valence-corrected chi connectivity index (χ4v) is 2.91. The molecule has 1 aliphatic heterocycles. The average Bonchev–Trinajstić information content (AvgIpc) is 2.48. The second kappa shape index (κ2) is 7.90. The highest BCUT2D eigenvalue weighted by Gasteiger charge is 2.15. The molecule has 0 saturated carbocycles. The van der Waals surface area contributed by atoms with Gasteiger partial charge in [-0.3, -0.25) is 4.79 Å². The van der Waals surface area contributed by atoms with E-state index in [-0.39, 0.29) is 11.7 Å². The lowest BCUT2D eigenvalue weighted by Gasteiger charge is -2.30. The minimum atomic E-state index is -0.356. The second-order valence-electron chi connectivity index (χ2n) is 5.76. The molecule has 0 spiro atoms. The molecular weight excluding hydrogens is 335 g/mol. The molecule has 0 aromatic heterocycles. The number of nitrogens with one attached hydrogen (secondary N) is 1. The molecule has 0 radical (unpaired) electrons. The monoisotopic (exact) mass is 356 g/mol. The molecule has 2 rings (SSSR count). The second-order valence-corrected chi connectivity index (χ2v) is 6.62. The molecule has 1 fully saturated rings. The third kappa shape index (κ3) is 5.08. The number of carbonyl (C=O) groups is 1.